The zero-order valence-corrected chi connectivity index (χ0v) is 14.8. The van der Waals surface area contributed by atoms with E-state index in [1.165, 1.54) is 5.56 Å². The maximum absolute atomic E-state index is 12.5. The summed E-state index contributed by atoms with van der Waals surface area (Å²) >= 11 is 0. The SMILES string of the molecule is COc1ccc(C2(CNC(=O)c3ccc(OC)c(OC)c3)CC2)cc1. The molecule has 5 heteroatoms. The highest BCUT2D eigenvalue weighted by Gasteiger charge is 2.44. The minimum atomic E-state index is -0.110. The number of nitrogens with one attached hydrogen (secondary N) is 1. The second kappa shape index (κ2) is 7.05. The van der Waals surface area contributed by atoms with Gasteiger partial charge < -0.3 is 19.5 Å². The molecule has 25 heavy (non-hydrogen) atoms. The Morgan fingerprint density at radius 2 is 1.64 bits per heavy atom. The summed E-state index contributed by atoms with van der Waals surface area (Å²) in [5.41, 5.74) is 1.84. The molecule has 0 saturated heterocycles. The monoisotopic (exact) mass is 341 g/mol. The van der Waals surface area contributed by atoms with Gasteiger partial charge in [0, 0.05) is 17.5 Å². The molecular formula is C20H23NO4. The average Bonchev–Trinajstić information content (AvgIpc) is 3.46. The Morgan fingerprint density at radius 3 is 2.20 bits per heavy atom. The van der Waals surface area contributed by atoms with Crippen LogP contribution in [0.4, 0.5) is 0 Å². The van der Waals surface area contributed by atoms with Crippen molar-refractivity contribution in [2.75, 3.05) is 27.9 Å². The second-order valence-electron chi connectivity index (χ2n) is 6.26. The molecule has 5 nitrogen and oxygen atoms in total. The van der Waals surface area contributed by atoms with Crippen molar-refractivity contribution in [3.05, 3.63) is 53.6 Å². The molecule has 1 amide bonds. The molecule has 0 aromatic heterocycles. The lowest BCUT2D eigenvalue weighted by molar-refractivity contribution is 0.0949. The van der Waals surface area contributed by atoms with Crippen molar-refractivity contribution in [2.24, 2.45) is 0 Å². The van der Waals surface area contributed by atoms with Gasteiger partial charge in [0.15, 0.2) is 11.5 Å². The van der Waals surface area contributed by atoms with Gasteiger partial charge in [0.2, 0.25) is 0 Å². The molecule has 1 N–H and O–H groups in total. The van der Waals surface area contributed by atoms with Crippen molar-refractivity contribution in [3.63, 3.8) is 0 Å². The first-order valence-corrected chi connectivity index (χ1v) is 8.26. The number of hydrogen-bond donors (Lipinski definition) is 1. The van der Waals surface area contributed by atoms with E-state index in [-0.39, 0.29) is 11.3 Å². The van der Waals surface area contributed by atoms with Crippen LogP contribution in [0.5, 0.6) is 17.2 Å². The van der Waals surface area contributed by atoms with Crippen LogP contribution in [0.15, 0.2) is 42.5 Å². The number of methoxy groups -OCH3 is 3. The Hall–Kier alpha value is -2.69. The van der Waals surface area contributed by atoms with E-state index >= 15 is 0 Å². The predicted octanol–water partition coefficient (Wildman–Crippen LogP) is 3.17. The van der Waals surface area contributed by atoms with Crippen LogP contribution >= 0.6 is 0 Å². The van der Waals surface area contributed by atoms with Gasteiger partial charge in [-0.1, -0.05) is 12.1 Å². The average molecular weight is 341 g/mol. The molecule has 0 unspecified atom stereocenters. The fraction of sp³-hybridized carbons (Fsp3) is 0.350. The van der Waals surface area contributed by atoms with Crippen molar-refractivity contribution >= 4 is 5.91 Å². The maximum atomic E-state index is 12.5. The molecule has 132 valence electrons. The zero-order valence-electron chi connectivity index (χ0n) is 14.8. The van der Waals surface area contributed by atoms with Crippen molar-refractivity contribution in [3.8, 4) is 17.2 Å². The number of amides is 1. The van der Waals surface area contributed by atoms with Crippen LogP contribution in [0.2, 0.25) is 0 Å². The second-order valence-corrected chi connectivity index (χ2v) is 6.26. The van der Waals surface area contributed by atoms with Crippen molar-refractivity contribution in [1.29, 1.82) is 0 Å². The number of carbonyl (C=O) groups excluding carboxylic acids is 1. The van der Waals surface area contributed by atoms with Gasteiger partial charge in [0.05, 0.1) is 21.3 Å². The van der Waals surface area contributed by atoms with Crippen molar-refractivity contribution < 1.29 is 19.0 Å². The Labute approximate surface area is 147 Å². The molecule has 0 bridgehead atoms. The van der Waals surface area contributed by atoms with Crippen LogP contribution in [0, 0.1) is 0 Å². The van der Waals surface area contributed by atoms with Crippen LogP contribution in [-0.4, -0.2) is 33.8 Å². The Bertz CT molecular complexity index is 751. The number of ether oxygens (including phenoxy) is 3. The molecular weight excluding hydrogens is 318 g/mol. The van der Waals surface area contributed by atoms with Gasteiger partial charge in [-0.25, -0.2) is 0 Å². The third kappa shape index (κ3) is 3.55. The molecule has 1 saturated carbocycles. The molecule has 1 fully saturated rings. The van der Waals surface area contributed by atoms with E-state index in [0.29, 0.717) is 23.6 Å². The van der Waals surface area contributed by atoms with Gasteiger partial charge in [0.1, 0.15) is 5.75 Å². The minimum Gasteiger partial charge on any atom is -0.497 e. The molecule has 1 aliphatic carbocycles. The van der Waals surface area contributed by atoms with Crippen molar-refractivity contribution in [1.82, 2.24) is 5.32 Å². The lowest BCUT2D eigenvalue weighted by Gasteiger charge is -2.17. The van der Waals surface area contributed by atoms with E-state index in [2.05, 4.69) is 17.4 Å². The van der Waals surface area contributed by atoms with E-state index in [0.717, 1.165) is 18.6 Å². The first-order chi connectivity index (χ1) is 12.1. The quantitative estimate of drug-likeness (QED) is 0.840. The fourth-order valence-electron chi connectivity index (χ4n) is 2.99. The minimum absolute atomic E-state index is 0.0402. The highest BCUT2D eigenvalue weighted by Crippen LogP contribution is 2.48. The van der Waals surface area contributed by atoms with Crippen LogP contribution < -0.4 is 19.5 Å². The number of rotatable bonds is 7. The highest BCUT2D eigenvalue weighted by atomic mass is 16.5. The maximum Gasteiger partial charge on any atom is 0.251 e. The van der Waals surface area contributed by atoms with Gasteiger partial charge in [-0.3, -0.25) is 4.79 Å². The number of hydrogen-bond acceptors (Lipinski definition) is 4. The van der Waals surface area contributed by atoms with Gasteiger partial charge in [-0.15, -0.1) is 0 Å². The summed E-state index contributed by atoms with van der Waals surface area (Å²) < 4.78 is 15.7. The van der Waals surface area contributed by atoms with E-state index in [1.54, 1.807) is 39.5 Å². The molecule has 2 aromatic rings. The van der Waals surface area contributed by atoms with Gasteiger partial charge in [-0.2, -0.15) is 0 Å². The summed E-state index contributed by atoms with van der Waals surface area (Å²) in [6, 6.07) is 13.3. The summed E-state index contributed by atoms with van der Waals surface area (Å²) in [4.78, 5) is 12.5. The molecule has 1 aliphatic rings. The van der Waals surface area contributed by atoms with Crippen LogP contribution in [0.3, 0.4) is 0 Å². The molecule has 0 heterocycles. The molecule has 0 aliphatic heterocycles. The van der Waals surface area contributed by atoms with Crippen LogP contribution in [0.1, 0.15) is 28.8 Å². The normalized spacial score (nSPS) is 14.5. The Kier molecular flexibility index (Phi) is 4.83. The van der Waals surface area contributed by atoms with Gasteiger partial charge in [-0.05, 0) is 48.7 Å². The molecule has 2 aromatic carbocycles. The summed E-state index contributed by atoms with van der Waals surface area (Å²) in [5.74, 6) is 1.89. The summed E-state index contributed by atoms with van der Waals surface area (Å²) in [6.45, 7) is 0.618. The van der Waals surface area contributed by atoms with Gasteiger partial charge >= 0.3 is 0 Å². The van der Waals surface area contributed by atoms with Gasteiger partial charge in [0.25, 0.3) is 5.91 Å². The first kappa shape index (κ1) is 17.1. The predicted molar refractivity (Wildman–Crippen MR) is 95.8 cm³/mol. The Morgan fingerprint density at radius 1 is 0.960 bits per heavy atom. The Balaban J connectivity index is 1.67. The third-order valence-electron chi connectivity index (χ3n) is 4.79. The highest BCUT2D eigenvalue weighted by molar-refractivity contribution is 5.95. The zero-order chi connectivity index (χ0) is 17.9. The van der Waals surface area contributed by atoms with Crippen LogP contribution in [0.25, 0.3) is 0 Å². The smallest absolute Gasteiger partial charge is 0.251 e. The third-order valence-corrected chi connectivity index (χ3v) is 4.79. The van der Waals surface area contributed by atoms with E-state index in [1.807, 2.05) is 12.1 Å². The number of benzene rings is 2. The molecule has 3 rings (SSSR count). The molecule has 0 spiro atoms. The fourth-order valence-corrected chi connectivity index (χ4v) is 2.99. The first-order valence-electron chi connectivity index (χ1n) is 8.26. The summed E-state index contributed by atoms with van der Waals surface area (Å²) in [5, 5.41) is 3.05. The molecule has 0 atom stereocenters. The van der Waals surface area contributed by atoms with E-state index < -0.39 is 0 Å². The van der Waals surface area contributed by atoms with Crippen molar-refractivity contribution in [2.45, 2.75) is 18.3 Å². The number of carbonyl (C=O) groups is 1. The standard InChI is InChI=1S/C20H23NO4/c1-23-16-7-5-15(6-8-16)20(10-11-20)13-21-19(22)14-4-9-17(24-2)18(12-14)25-3/h4-9,12H,10-11,13H2,1-3H3,(H,21,22). The molecule has 0 radical (unpaired) electrons. The van der Waals surface area contributed by atoms with E-state index in [4.69, 9.17) is 14.2 Å². The van der Waals surface area contributed by atoms with Crippen LogP contribution in [-0.2, 0) is 5.41 Å². The topological polar surface area (TPSA) is 56.8 Å². The van der Waals surface area contributed by atoms with E-state index in [9.17, 15) is 4.79 Å². The largest absolute Gasteiger partial charge is 0.497 e. The summed E-state index contributed by atoms with van der Waals surface area (Å²) in [6.07, 6.45) is 2.15. The lowest BCUT2D eigenvalue weighted by Crippen LogP contribution is -2.32. The lowest BCUT2D eigenvalue weighted by atomic mass is 9.95. The summed E-state index contributed by atoms with van der Waals surface area (Å²) in [7, 11) is 4.79.